The van der Waals surface area contributed by atoms with Gasteiger partial charge in [0.2, 0.25) is 0 Å². The van der Waals surface area contributed by atoms with E-state index in [9.17, 15) is 19.7 Å². The molecule has 0 fully saturated rings. The number of esters is 1. The van der Waals surface area contributed by atoms with Gasteiger partial charge in [-0.15, -0.1) is 0 Å². The molecule has 1 N–H and O–H groups in total. The number of carbonyl (C=O) groups is 2. The molecule has 1 unspecified atom stereocenters. The van der Waals surface area contributed by atoms with Crippen molar-refractivity contribution < 1.29 is 24.0 Å². The summed E-state index contributed by atoms with van der Waals surface area (Å²) in [6, 6.07) is 10.9. The van der Waals surface area contributed by atoms with Crippen molar-refractivity contribution in [3.05, 3.63) is 63.7 Å². The van der Waals surface area contributed by atoms with Crippen molar-refractivity contribution in [2.45, 2.75) is 20.0 Å². The minimum Gasteiger partial charge on any atom is -0.495 e. The smallest absolute Gasteiger partial charge is 0.339 e. The Morgan fingerprint density at radius 1 is 1.15 bits per heavy atom. The van der Waals surface area contributed by atoms with Crippen LogP contribution in [0.3, 0.4) is 0 Å². The molecule has 8 nitrogen and oxygen atoms in total. The van der Waals surface area contributed by atoms with E-state index in [0.717, 1.165) is 0 Å². The number of amides is 1. The summed E-state index contributed by atoms with van der Waals surface area (Å²) in [6.45, 7) is 2.86. The molecular weight excluding hydrogens is 340 g/mol. The molecule has 26 heavy (non-hydrogen) atoms. The number of hydrogen-bond acceptors (Lipinski definition) is 6. The zero-order chi connectivity index (χ0) is 19.3. The molecule has 1 amide bonds. The molecule has 0 saturated carbocycles. The number of rotatable bonds is 6. The molecule has 0 heterocycles. The second kappa shape index (κ2) is 8.11. The minimum atomic E-state index is -1.11. The van der Waals surface area contributed by atoms with Crippen LogP contribution in [0.25, 0.3) is 0 Å². The van der Waals surface area contributed by atoms with Crippen molar-refractivity contribution in [2.75, 3.05) is 12.4 Å². The molecule has 0 aliphatic heterocycles. The van der Waals surface area contributed by atoms with Crippen molar-refractivity contribution in [3.8, 4) is 5.75 Å². The van der Waals surface area contributed by atoms with Gasteiger partial charge in [-0.1, -0.05) is 18.2 Å². The first-order valence-electron chi connectivity index (χ1n) is 7.74. The summed E-state index contributed by atoms with van der Waals surface area (Å²) in [7, 11) is 1.47. The average molecular weight is 358 g/mol. The summed E-state index contributed by atoms with van der Waals surface area (Å²) in [6.07, 6.45) is -1.11. The van der Waals surface area contributed by atoms with Crippen LogP contribution in [0.1, 0.15) is 22.8 Å². The molecule has 0 aliphatic carbocycles. The van der Waals surface area contributed by atoms with E-state index >= 15 is 0 Å². The molecule has 0 saturated heterocycles. The number of ether oxygens (including phenoxy) is 2. The lowest BCUT2D eigenvalue weighted by Gasteiger charge is -2.15. The molecule has 8 heteroatoms. The Balaban J connectivity index is 2.11. The van der Waals surface area contributed by atoms with E-state index in [-0.39, 0.29) is 16.8 Å². The summed E-state index contributed by atoms with van der Waals surface area (Å²) >= 11 is 0. The maximum absolute atomic E-state index is 12.3. The van der Waals surface area contributed by atoms with E-state index in [1.54, 1.807) is 24.3 Å². The molecule has 0 spiro atoms. The number of carbonyl (C=O) groups excluding carboxylic acids is 2. The van der Waals surface area contributed by atoms with E-state index < -0.39 is 22.9 Å². The van der Waals surface area contributed by atoms with Crippen LogP contribution in [-0.2, 0) is 9.53 Å². The average Bonchev–Trinajstić information content (AvgIpc) is 2.61. The number of methoxy groups -OCH3 is 1. The predicted octanol–water partition coefficient (Wildman–Crippen LogP) is 3.10. The zero-order valence-electron chi connectivity index (χ0n) is 14.5. The first-order chi connectivity index (χ1) is 12.3. The largest absolute Gasteiger partial charge is 0.495 e. The second-order valence-electron chi connectivity index (χ2n) is 5.44. The van der Waals surface area contributed by atoms with Crippen LogP contribution in [0.5, 0.6) is 5.75 Å². The number of anilines is 1. The number of hydrogen-bond donors (Lipinski definition) is 1. The number of nitro benzene ring substituents is 1. The highest BCUT2D eigenvalue weighted by atomic mass is 16.6. The van der Waals surface area contributed by atoms with E-state index in [1.165, 1.54) is 39.2 Å². The summed E-state index contributed by atoms with van der Waals surface area (Å²) < 4.78 is 10.3. The fourth-order valence-corrected chi connectivity index (χ4v) is 2.30. The van der Waals surface area contributed by atoms with Gasteiger partial charge in [0.15, 0.2) is 6.10 Å². The van der Waals surface area contributed by atoms with E-state index in [1.807, 2.05) is 0 Å². The maximum atomic E-state index is 12.3. The third kappa shape index (κ3) is 4.15. The molecule has 0 aromatic heterocycles. The Morgan fingerprint density at radius 3 is 2.50 bits per heavy atom. The summed E-state index contributed by atoms with van der Waals surface area (Å²) in [5, 5.41) is 13.6. The van der Waals surface area contributed by atoms with Crippen molar-refractivity contribution in [1.29, 1.82) is 0 Å². The van der Waals surface area contributed by atoms with Gasteiger partial charge in [0.25, 0.3) is 11.6 Å². The molecule has 1 atom stereocenters. The number of benzene rings is 2. The highest BCUT2D eigenvalue weighted by molar-refractivity contribution is 5.98. The first-order valence-corrected chi connectivity index (χ1v) is 7.74. The standard InChI is InChI=1S/C18H18N2O6/c1-11-13(7-6-9-15(11)20(23)24)18(22)26-12(2)17(21)19-14-8-4-5-10-16(14)25-3/h4-10,12H,1-3H3,(H,19,21). The third-order valence-corrected chi connectivity index (χ3v) is 3.74. The van der Waals surface area contributed by atoms with Crippen LogP contribution >= 0.6 is 0 Å². The molecule has 2 aromatic carbocycles. The minimum absolute atomic E-state index is 0.0381. The number of nitro groups is 1. The van der Waals surface area contributed by atoms with E-state index in [0.29, 0.717) is 11.4 Å². The lowest BCUT2D eigenvalue weighted by molar-refractivity contribution is -0.385. The molecule has 136 valence electrons. The van der Waals surface area contributed by atoms with Gasteiger partial charge in [0.05, 0.1) is 23.3 Å². The van der Waals surface area contributed by atoms with Gasteiger partial charge in [-0.2, -0.15) is 0 Å². The van der Waals surface area contributed by atoms with Crippen LogP contribution in [0.4, 0.5) is 11.4 Å². The van der Waals surface area contributed by atoms with Gasteiger partial charge in [-0.3, -0.25) is 14.9 Å². The predicted molar refractivity (Wildman–Crippen MR) is 94.3 cm³/mol. The van der Waals surface area contributed by atoms with Crippen LogP contribution in [0, 0.1) is 17.0 Å². The Hall–Kier alpha value is -3.42. The van der Waals surface area contributed by atoms with Gasteiger partial charge in [-0.25, -0.2) is 4.79 Å². The second-order valence-corrected chi connectivity index (χ2v) is 5.44. The third-order valence-electron chi connectivity index (χ3n) is 3.74. The summed E-state index contributed by atoms with van der Waals surface area (Å²) in [4.78, 5) is 34.9. The fourth-order valence-electron chi connectivity index (χ4n) is 2.30. The molecule has 2 rings (SSSR count). The zero-order valence-corrected chi connectivity index (χ0v) is 14.5. The molecule has 0 radical (unpaired) electrons. The number of para-hydroxylation sites is 2. The van der Waals surface area contributed by atoms with Crippen molar-refractivity contribution in [2.24, 2.45) is 0 Å². The monoisotopic (exact) mass is 358 g/mol. The first kappa shape index (κ1) is 18.9. The van der Waals surface area contributed by atoms with E-state index in [2.05, 4.69) is 5.32 Å². The maximum Gasteiger partial charge on any atom is 0.339 e. The lowest BCUT2D eigenvalue weighted by Crippen LogP contribution is -2.30. The quantitative estimate of drug-likeness (QED) is 0.483. The Bertz CT molecular complexity index is 849. The Kier molecular flexibility index (Phi) is 5.90. The van der Waals surface area contributed by atoms with Crippen molar-refractivity contribution >= 4 is 23.3 Å². The molecule has 0 bridgehead atoms. The normalized spacial score (nSPS) is 11.3. The van der Waals surface area contributed by atoms with Crippen LogP contribution in [0.15, 0.2) is 42.5 Å². The van der Waals surface area contributed by atoms with Gasteiger partial charge >= 0.3 is 5.97 Å². The Morgan fingerprint density at radius 2 is 1.85 bits per heavy atom. The van der Waals surface area contributed by atoms with Gasteiger partial charge in [0.1, 0.15) is 5.75 Å². The van der Waals surface area contributed by atoms with Gasteiger partial charge in [0, 0.05) is 11.6 Å². The Labute approximate surface area is 149 Å². The number of nitrogens with one attached hydrogen (secondary N) is 1. The van der Waals surface area contributed by atoms with Crippen LogP contribution < -0.4 is 10.1 Å². The van der Waals surface area contributed by atoms with E-state index in [4.69, 9.17) is 9.47 Å². The van der Waals surface area contributed by atoms with Gasteiger partial charge in [-0.05, 0) is 32.0 Å². The molecular formula is C18H18N2O6. The highest BCUT2D eigenvalue weighted by Gasteiger charge is 2.23. The number of nitrogens with zero attached hydrogens (tertiary/aromatic N) is 1. The van der Waals surface area contributed by atoms with Crippen molar-refractivity contribution in [3.63, 3.8) is 0 Å². The highest BCUT2D eigenvalue weighted by Crippen LogP contribution is 2.24. The summed E-state index contributed by atoms with van der Waals surface area (Å²) in [5.41, 5.74) is 0.469. The van der Waals surface area contributed by atoms with Crippen LogP contribution in [-0.4, -0.2) is 30.0 Å². The molecule has 0 aliphatic rings. The lowest BCUT2D eigenvalue weighted by atomic mass is 10.1. The SMILES string of the molecule is COc1ccccc1NC(=O)C(C)OC(=O)c1cccc([N+](=O)[O-])c1C. The molecule has 2 aromatic rings. The summed E-state index contributed by atoms with van der Waals surface area (Å²) in [5.74, 6) is -0.895. The topological polar surface area (TPSA) is 108 Å². The van der Waals surface area contributed by atoms with Gasteiger partial charge < -0.3 is 14.8 Å². The van der Waals surface area contributed by atoms with Crippen molar-refractivity contribution in [1.82, 2.24) is 0 Å². The van der Waals surface area contributed by atoms with Crippen LogP contribution in [0.2, 0.25) is 0 Å². The fraction of sp³-hybridized carbons (Fsp3) is 0.222.